The molecule has 0 atom stereocenters. The molecule has 0 aromatic carbocycles. The molecule has 2 rings (SSSR count). The molecule has 0 fully saturated rings. The molecule has 7 nitrogen and oxygen atoms in total. The molecule has 0 spiro atoms. The molecule has 1 aliphatic heterocycles. The Labute approximate surface area is 123 Å². The lowest BCUT2D eigenvalue weighted by atomic mass is 10.2. The zero-order chi connectivity index (χ0) is 15.7. The van der Waals surface area contributed by atoms with Gasteiger partial charge in [-0.15, -0.1) is 0 Å². The summed E-state index contributed by atoms with van der Waals surface area (Å²) < 4.78 is 2.79. The van der Waals surface area contributed by atoms with E-state index in [0.29, 0.717) is 44.0 Å². The fraction of sp³-hybridized carbons (Fsp3) is 0.643. The number of hydrogen-bond donors (Lipinski definition) is 0. The van der Waals surface area contributed by atoms with Crippen LogP contribution in [0.1, 0.15) is 26.2 Å². The molecule has 0 saturated heterocycles. The van der Waals surface area contributed by atoms with Crippen molar-refractivity contribution < 1.29 is 4.79 Å². The maximum absolute atomic E-state index is 12.5. The topological polar surface area (TPSA) is 67.5 Å². The molecule has 1 aromatic rings. The number of carbonyl (C=O) groups is 1. The lowest BCUT2D eigenvalue weighted by Gasteiger charge is -2.15. The van der Waals surface area contributed by atoms with Crippen LogP contribution in [0.25, 0.3) is 0 Å². The normalized spacial score (nSPS) is 13.7. The second-order valence-corrected chi connectivity index (χ2v) is 5.67. The van der Waals surface area contributed by atoms with E-state index < -0.39 is 0 Å². The summed E-state index contributed by atoms with van der Waals surface area (Å²) in [5, 5.41) is 0. The summed E-state index contributed by atoms with van der Waals surface area (Å²) in [4.78, 5) is 39.5. The largest absolute Gasteiger partial charge is 0.349 e. The first-order valence-corrected chi connectivity index (χ1v) is 7.10. The van der Waals surface area contributed by atoms with Crippen LogP contribution in [0, 0.1) is 0 Å². The van der Waals surface area contributed by atoms with Crippen molar-refractivity contribution in [2.45, 2.75) is 32.7 Å². The van der Waals surface area contributed by atoms with E-state index >= 15 is 0 Å². The van der Waals surface area contributed by atoms with Gasteiger partial charge in [0.05, 0.1) is 6.67 Å². The number of hydrogen-bond acceptors (Lipinski definition) is 5. The second kappa shape index (κ2) is 5.75. The Hall–Kier alpha value is -2.05. The maximum Gasteiger partial charge on any atom is 0.332 e. The summed E-state index contributed by atoms with van der Waals surface area (Å²) in [6, 6.07) is 0. The van der Waals surface area contributed by atoms with Crippen molar-refractivity contribution in [3.8, 4) is 0 Å². The van der Waals surface area contributed by atoms with Gasteiger partial charge in [0.25, 0.3) is 5.56 Å². The van der Waals surface area contributed by atoms with E-state index in [0.717, 1.165) is 0 Å². The third-order valence-electron chi connectivity index (χ3n) is 3.82. The average Bonchev–Trinajstić information content (AvgIpc) is 2.70. The fourth-order valence-corrected chi connectivity index (χ4v) is 2.81. The van der Waals surface area contributed by atoms with Gasteiger partial charge in [-0.25, -0.2) is 4.79 Å². The van der Waals surface area contributed by atoms with Gasteiger partial charge in [-0.1, -0.05) is 0 Å². The molecule has 21 heavy (non-hydrogen) atoms. The van der Waals surface area contributed by atoms with Gasteiger partial charge < -0.3 is 14.6 Å². The van der Waals surface area contributed by atoms with Crippen molar-refractivity contribution in [3.63, 3.8) is 0 Å². The fourth-order valence-electron chi connectivity index (χ4n) is 2.81. The van der Waals surface area contributed by atoms with Gasteiger partial charge in [0.15, 0.2) is 0 Å². The number of anilines is 2. The van der Waals surface area contributed by atoms with Crippen molar-refractivity contribution in [1.29, 1.82) is 0 Å². The summed E-state index contributed by atoms with van der Waals surface area (Å²) in [5.74, 6) is 0.790. The Bertz CT molecular complexity index is 674. The minimum absolute atomic E-state index is 0.130. The Kier molecular flexibility index (Phi) is 4.20. The van der Waals surface area contributed by atoms with E-state index in [1.54, 1.807) is 14.0 Å². The number of carbonyl (C=O) groups excluding carboxylic acids is 1. The number of nitrogens with zero attached hydrogens (tertiary/aromatic N) is 4. The summed E-state index contributed by atoms with van der Waals surface area (Å²) in [5.41, 5.74) is 0.0117. The highest BCUT2D eigenvalue weighted by atomic mass is 16.2. The zero-order valence-corrected chi connectivity index (χ0v) is 13.0. The van der Waals surface area contributed by atoms with Gasteiger partial charge >= 0.3 is 5.69 Å². The van der Waals surface area contributed by atoms with E-state index in [4.69, 9.17) is 0 Å². The maximum atomic E-state index is 12.5. The Morgan fingerprint density at radius 2 is 1.76 bits per heavy atom. The molecular weight excluding hydrogens is 272 g/mol. The molecule has 7 heteroatoms. The van der Waals surface area contributed by atoms with Crippen molar-refractivity contribution in [2.24, 2.45) is 7.05 Å². The number of rotatable bonds is 5. The molecule has 0 amide bonds. The zero-order valence-electron chi connectivity index (χ0n) is 13.0. The van der Waals surface area contributed by atoms with Gasteiger partial charge in [-0.05, 0) is 19.8 Å². The number of Topliss-reactive ketones (excluding diaryl/α,β-unsaturated/α-hetero) is 1. The van der Waals surface area contributed by atoms with Gasteiger partial charge in [0.2, 0.25) is 0 Å². The van der Waals surface area contributed by atoms with Crippen LogP contribution >= 0.6 is 0 Å². The number of unbranched alkanes of at least 4 members (excludes halogenated alkanes) is 1. The standard InChI is InChI=1S/C14H22N4O3/c1-10(19)7-5-6-8-18-13(20)11-12(17(4)14(18)21)16(3)9-15(11)2/h5-9H2,1-4H3. The van der Waals surface area contributed by atoms with E-state index in [9.17, 15) is 14.4 Å². The molecule has 0 aliphatic carbocycles. The summed E-state index contributed by atoms with van der Waals surface area (Å²) in [6.45, 7) is 2.49. The van der Waals surface area contributed by atoms with Crippen molar-refractivity contribution >= 4 is 17.3 Å². The number of fused-ring (bicyclic) bond motifs is 1. The molecule has 0 saturated carbocycles. The van der Waals surface area contributed by atoms with E-state index in [-0.39, 0.29) is 17.0 Å². The van der Waals surface area contributed by atoms with Gasteiger partial charge in [-0.2, -0.15) is 0 Å². The van der Waals surface area contributed by atoms with Gasteiger partial charge in [-0.3, -0.25) is 13.9 Å². The van der Waals surface area contributed by atoms with Crippen LogP contribution in [0.2, 0.25) is 0 Å². The third kappa shape index (κ3) is 2.72. The van der Waals surface area contributed by atoms with Gasteiger partial charge in [0, 0.05) is 34.1 Å². The van der Waals surface area contributed by atoms with Crippen molar-refractivity contribution in [3.05, 3.63) is 20.8 Å². The molecular formula is C14H22N4O3. The van der Waals surface area contributed by atoms with Crippen molar-refractivity contribution in [1.82, 2.24) is 9.13 Å². The first kappa shape index (κ1) is 15.3. The highest BCUT2D eigenvalue weighted by Gasteiger charge is 2.28. The minimum Gasteiger partial charge on any atom is -0.349 e. The molecule has 1 aromatic heterocycles. The first-order valence-electron chi connectivity index (χ1n) is 7.10. The van der Waals surface area contributed by atoms with Crippen LogP contribution in [-0.2, 0) is 18.4 Å². The van der Waals surface area contributed by atoms with E-state index in [1.165, 1.54) is 9.13 Å². The predicted molar refractivity (Wildman–Crippen MR) is 82.1 cm³/mol. The van der Waals surface area contributed by atoms with Crippen LogP contribution < -0.4 is 21.0 Å². The summed E-state index contributed by atoms with van der Waals surface area (Å²) in [7, 11) is 5.38. The Morgan fingerprint density at radius 1 is 1.10 bits per heavy atom. The lowest BCUT2D eigenvalue weighted by Crippen LogP contribution is -2.40. The first-order chi connectivity index (χ1) is 9.84. The summed E-state index contributed by atoms with van der Waals surface area (Å²) >= 11 is 0. The van der Waals surface area contributed by atoms with Crippen LogP contribution in [-0.4, -0.2) is 35.7 Å². The SMILES string of the molecule is CC(=O)CCCCn1c(=O)c2c(n(C)c1=O)N(C)CN2C. The summed E-state index contributed by atoms with van der Waals surface area (Å²) in [6.07, 6.45) is 1.83. The van der Waals surface area contributed by atoms with Crippen LogP contribution in [0.15, 0.2) is 9.59 Å². The van der Waals surface area contributed by atoms with E-state index in [2.05, 4.69) is 0 Å². The highest BCUT2D eigenvalue weighted by molar-refractivity contribution is 5.75. The molecule has 1 aliphatic rings. The minimum atomic E-state index is -0.302. The lowest BCUT2D eigenvalue weighted by molar-refractivity contribution is -0.117. The molecule has 0 bridgehead atoms. The Morgan fingerprint density at radius 3 is 2.38 bits per heavy atom. The third-order valence-corrected chi connectivity index (χ3v) is 3.82. The second-order valence-electron chi connectivity index (χ2n) is 5.67. The van der Waals surface area contributed by atoms with E-state index in [1.807, 2.05) is 23.9 Å². The number of ketones is 1. The quantitative estimate of drug-likeness (QED) is 0.723. The predicted octanol–water partition coefficient (Wildman–Crippen LogP) is 0.150. The molecule has 0 unspecified atom stereocenters. The smallest absolute Gasteiger partial charge is 0.332 e. The van der Waals surface area contributed by atoms with Crippen LogP contribution in [0.3, 0.4) is 0 Å². The van der Waals surface area contributed by atoms with Gasteiger partial charge in [0.1, 0.15) is 17.3 Å². The molecule has 116 valence electrons. The average molecular weight is 294 g/mol. The van der Waals surface area contributed by atoms with Crippen molar-refractivity contribution in [2.75, 3.05) is 30.6 Å². The van der Waals surface area contributed by atoms with Crippen LogP contribution in [0.5, 0.6) is 0 Å². The molecule has 2 heterocycles. The highest BCUT2D eigenvalue weighted by Crippen LogP contribution is 2.28. The molecule has 0 N–H and O–H groups in total. The Balaban J connectivity index is 2.34. The number of aromatic nitrogens is 2. The monoisotopic (exact) mass is 294 g/mol. The van der Waals surface area contributed by atoms with Crippen LogP contribution in [0.4, 0.5) is 11.5 Å². The molecule has 0 radical (unpaired) electrons.